The molecular weight excluding hydrogens is 681 g/mol. The normalized spacial score (nSPS) is 11.4. The highest BCUT2D eigenvalue weighted by Crippen LogP contribution is 2.45. The molecule has 0 amide bonds. The highest BCUT2D eigenvalue weighted by Gasteiger charge is 2.18. The maximum absolute atomic E-state index is 5.04. The number of benzene rings is 8. The topological polar surface area (TPSA) is 16.1 Å². The van der Waals surface area contributed by atoms with E-state index in [-0.39, 0.29) is 0 Å². The maximum atomic E-state index is 5.04. The van der Waals surface area contributed by atoms with E-state index in [0.717, 1.165) is 33.1 Å². The van der Waals surface area contributed by atoms with Crippen molar-refractivity contribution in [2.75, 3.05) is 4.90 Å². The van der Waals surface area contributed by atoms with Crippen molar-refractivity contribution in [1.82, 2.24) is 4.98 Å². The van der Waals surface area contributed by atoms with Crippen molar-refractivity contribution in [3.8, 4) is 44.0 Å². The van der Waals surface area contributed by atoms with Crippen LogP contribution in [0, 0.1) is 0 Å². The zero-order valence-electron chi connectivity index (χ0n) is 28.7. The van der Waals surface area contributed by atoms with E-state index in [1.165, 1.54) is 58.3 Å². The van der Waals surface area contributed by atoms with Gasteiger partial charge in [-0.2, -0.15) is 0 Å². The molecule has 0 N–H and O–H groups in total. The molecule has 8 aromatic carbocycles. The summed E-state index contributed by atoms with van der Waals surface area (Å²) in [5.41, 5.74) is 12.8. The third-order valence-electron chi connectivity index (χ3n) is 9.92. The molecule has 0 aliphatic heterocycles. The highest BCUT2D eigenvalue weighted by atomic mass is 32.1. The molecule has 0 fully saturated rings. The van der Waals surface area contributed by atoms with Crippen LogP contribution in [-0.2, 0) is 0 Å². The van der Waals surface area contributed by atoms with Gasteiger partial charge in [0.15, 0.2) is 0 Å². The van der Waals surface area contributed by atoms with Gasteiger partial charge in [0.25, 0.3) is 0 Å². The van der Waals surface area contributed by atoms with Gasteiger partial charge >= 0.3 is 0 Å². The van der Waals surface area contributed by atoms with E-state index >= 15 is 0 Å². The Balaban J connectivity index is 1.07. The molecule has 0 saturated heterocycles. The highest BCUT2D eigenvalue weighted by molar-refractivity contribution is 7.28. The first kappa shape index (κ1) is 31.4. The van der Waals surface area contributed by atoms with Gasteiger partial charge < -0.3 is 4.90 Å². The first-order valence-corrected chi connectivity index (χ1v) is 19.4. The fourth-order valence-electron chi connectivity index (χ4n) is 7.27. The predicted molar refractivity (Wildman–Crippen MR) is 229 cm³/mol. The number of thiophene rings is 1. The fraction of sp³-hybridized carbons (Fsp3) is 0. The molecule has 10 aromatic rings. The number of hydrogen-bond donors (Lipinski definition) is 0. The first-order chi connectivity index (χ1) is 26.2. The van der Waals surface area contributed by atoms with Crippen molar-refractivity contribution >= 4 is 70.1 Å². The quantitative estimate of drug-likeness (QED) is 0.164. The van der Waals surface area contributed by atoms with E-state index in [1.54, 1.807) is 11.3 Å². The summed E-state index contributed by atoms with van der Waals surface area (Å²) in [6, 6.07) is 69.7. The summed E-state index contributed by atoms with van der Waals surface area (Å²) in [5.74, 6) is 0. The average molecular weight is 713 g/mol. The minimum absolute atomic E-state index is 1.05. The zero-order chi connectivity index (χ0) is 35.1. The van der Waals surface area contributed by atoms with Crippen LogP contribution in [0.25, 0.3) is 74.3 Å². The van der Waals surface area contributed by atoms with E-state index in [4.69, 9.17) is 4.98 Å². The summed E-state index contributed by atoms with van der Waals surface area (Å²) >= 11 is 3.64. The Morgan fingerprint density at radius 1 is 0.358 bits per heavy atom. The van der Waals surface area contributed by atoms with Gasteiger partial charge in [-0.05, 0) is 81.9 Å². The Kier molecular flexibility index (Phi) is 7.90. The zero-order valence-corrected chi connectivity index (χ0v) is 30.3. The third-order valence-corrected chi connectivity index (χ3v) is 12.2. The van der Waals surface area contributed by atoms with Gasteiger partial charge in [0.05, 0.1) is 10.2 Å². The van der Waals surface area contributed by atoms with Crippen LogP contribution in [0.3, 0.4) is 0 Å². The second-order valence-electron chi connectivity index (χ2n) is 13.2. The van der Waals surface area contributed by atoms with Crippen LogP contribution >= 0.6 is 22.7 Å². The molecule has 0 aliphatic rings. The van der Waals surface area contributed by atoms with Gasteiger partial charge in [-0.1, -0.05) is 146 Å². The van der Waals surface area contributed by atoms with Gasteiger partial charge in [0, 0.05) is 42.8 Å². The van der Waals surface area contributed by atoms with Crippen LogP contribution in [0.15, 0.2) is 194 Å². The van der Waals surface area contributed by atoms with Crippen molar-refractivity contribution in [3.05, 3.63) is 194 Å². The lowest BCUT2D eigenvalue weighted by molar-refractivity contribution is 1.29. The summed E-state index contributed by atoms with van der Waals surface area (Å²) in [6.45, 7) is 0. The standard InChI is InChI=1S/C49H32N2S2/c1-4-11-33(12-5-1)35-19-21-36(22-20-35)37-23-25-40(26-24-37)51(41-18-10-17-39(31-41)34-13-6-2-7-14-34)42-27-28-43-46(32-42)52-45-30-29-44-48(47(43)45)53-49(50-44)38-15-8-3-9-16-38/h1-32H. The number of anilines is 3. The van der Waals surface area contributed by atoms with Crippen molar-refractivity contribution < 1.29 is 0 Å². The summed E-state index contributed by atoms with van der Waals surface area (Å²) < 4.78 is 3.80. The van der Waals surface area contributed by atoms with Gasteiger partial charge in [-0.15, -0.1) is 22.7 Å². The number of hydrogen-bond acceptors (Lipinski definition) is 4. The van der Waals surface area contributed by atoms with Crippen LogP contribution in [0.1, 0.15) is 0 Å². The van der Waals surface area contributed by atoms with E-state index in [1.807, 2.05) is 11.3 Å². The molecule has 53 heavy (non-hydrogen) atoms. The Labute approximate surface area is 316 Å². The lowest BCUT2D eigenvalue weighted by Gasteiger charge is -2.26. The van der Waals surface area contributed by atoms with Crippen molar-refractivity contribution in [1.29, 1.82) is 0 Å². The lowest BCUT2D eigenvalue weighted by Crippen LogP contribution is -2.09. The SMILES string of the molecule is c1ccc(-c2ccc(-c3ccc(N(c4cccc(-c5ccccc5)c4)c4ccc5c(c4)sc4ccc6nc(-c7ccccc7)sc6c45)cc3)cc2)cc1. The summed E-state index contributed by atoms with van der Waals surface area (Å²) in [7, 11) is 0. The largest absolute Gasteiger partial charge is 0.310 e. The number of rotatable bonds is 7. The Hall–Kier alpha value is -6.33. The molecule has 10 rings (SSSR count). The monoisotopic (exact) mass is 712 g/mol. The molecule has 2 heterocycles. The summed E-state index contributed by atoms with van der Waals surface area (Å²) in [4.78, 5) is 7.42. The molecule has 0 aliphatic carbocycles. The molecule has 0 spiro atoms. The van der Waals surface area contributed by atoms with Crippen molar-refractivity contribution in [3.63, 3.8) is 0 Å². The molecule has 2 aromatic heterocycles. The fourth-order valence-corrected chi connectivity index (χ4v) is 9.61. The lowest BCUT2D eigenvalue weighted by atomic mass is 10.00. The van der Waals surface area contributed by atoms with Crippen LogP contribution in [-0.4, -0.2) is 4.98 Å². The Bertz CT molecular complexity index is 2860. The molecule has 0 bridgehead atoms. The molecule has 0 atom stereocenters. The smallest absolute Gasteiger partial charge is 0.124 e. The summed E-state index contributed by atoms with van der Waals surface area (Å²) in [5, 5.41) is 3.63. The number of aromatic nitrogens is 1. The van der Waals surface area contributed by atoms with Crippen LogP contribution in [0.2, 0.25) is 0 Å². The van der Waals surface area contributed by atoms with Gasteiger partial charge in [0.1, 0.15) is 5.01 Å². The van der Waals surface area contributed by atoms with E-state index in [0.29, 0.717) is 0 Å². The molecule has 0 unspecified atom stereocenters. The minimum atomic E-state index is 1.05. The third kappa shape index (κ3) is 5.88. The van der Waals surface area contributed by atoms with Crippen LogP contribution < -0.4 is 4.90 Å². The first-order valence-electron chi connectivity index (χ1n) is 17.8. The number of fused-ring (bicyclic) bond motifs is 5. The van der Waals surface area contributed by atoms with Crippen LogP contribution in [0.4, 0.5) is 17.1 Å². The molecule has 0 saturated carbocycles. The van der Waals surface area contributed by atoms with Crippen molar-refractivity contribution in [2.45, 2.75) is 0 Å². The number of nitrogens with zero attached hydrogens (tertiary/aromatic N) is 2. The van der Waals surface area contributed by atoms with E-state index < -0.39 is 0 Å². The molecule has 2 nitrogen and oxygen atoms in total. The van der Waals surface area contributed by atoms with Crippen molar-refractivity contribution in [2.24, 2.45) is 0 Å². The molecular formula is C49H32N2S2. The van der Waals surface area contributed by atoms with Gasteiger partial charge in [-0.3, -0.25) is 0 Å². The van der Waals surface area contributed by atoms with Gasteiger partial charge in [-0.25, -0.2) is 4.98 Å². The molecule has 250 valence electrons. The maximum Gasteiger partial charge on any atom is 0.124 e. The number of thiazole rings is 1. The van der Waals surface area contributed by atoms with Crippen LogP contribution in [0.5, 0.6) is 0 Å². The molecule has 4 heteroatoms. The second kappa shape index (κ2) is 13.3. The Morgan fingerprint density at radius 3 is 1.55 bits per heavy atom. The molecule has 0 radical (unpaired) electrons. The average Bonchev–Trinajstić information content (AvgIpc) is 3.84. The van der Waals surface area contributed by atoms with E-state index in [2.05, 4.69) is 199 Å². The van der Waals surface area contributed by atoms with E-state index in [9.17, 15) is 0 Å². The predicted octanol–water partition coefficient (Wildman–Crippen LogP) is 14.8. The Morgan fingerprint density at radius 2 is 0.887 bits per heavy atom. The second-order valence-corrected chi connectivity index (χ2v) is 15.3. The minimum Gasteiger partial charge on any atom is -0.310 e. The van der Waals surface area contributed by atoms with Gasteiger partial charge in [0.2, 0.25) is 0 Å². The summed E-state index contributed by atoms with van der Waals surface area (Å²) in [6.07, 6.45) is 0.